The Hall–Kier alpha value is -12.0. The van der Waals surface area contributed by atoms with Crippen LogP contribution in [0.2, 0.25) is 0 Å². The first-order chi connectivity index (χ1) is 70.2. The largest absolute Gasteiger partial charge is 0.368 e. The van der Waals surface area contributed by atoms with Gasteiger partial charge in [-0.2, -0.15) is 0 Å². The quantitative estimate of drug-likeness (QED) is 0.00583. The van der Waals surface area contributed by atoms with Crippen molar-refractivity contribution in [3.63, 3.8) is 0 Å². The van der Waals surface area contributed by atoms with Crippen molar-refractivity contribution in [3.05, 3.63) is 162 Å². The van der Waals surface area contributed by atoms with Crippen molar-refractivity contribution in [1.29, 1.82) is 0 Å². The Morgan fingerprint density at radius 3 is 1.04 bits per heavy atom. The number of aryl methyl sites for hydroxylation is 3. The van der Waals surface area contributed by atoms with Crippen LogP contribution in [0, 0.1) is 55.7 Å². The summed E-state index contributed by atoms with van der Waals surface area (Å²) in [6, 6.07) is 20.6. The van der Waals surface area contributed by atoms with Crippen LogP contribution in [-0.2, 0) is 33.5 Å². The predicted molar refractivity (Wildman–Crippen MR) is 572 cm³/mol. The van der Waals surface area contributed by atoms with Crippen LogP contribution in [-0.4, -0.2) is 229 Å². The van der Waals surface area contributed by atoms with Gasteiger partial charge in [-0.25, -0.2) is 112 Å². The number of benzene rings is 3. The number of aromatic nitrogens is 15. The first kappa shape index (κ1) is 116. The number of imidazole rings is 3. The minimum absolute atomic E-state index is 0. The van der Waals surface area contributed by atoms with E-state index in [2.05, 4.69) is 132 Å². The van der Waals surface area contributed by atoms with Crippen LogP contribution in [0.15, 0.2) is 110 Å². The van der Waals surface area contributed by atoms with Gasteiger partial charge in [0.25, 0.3) is 0 Å². The summed E-state index contributed by atoms with van der Waals surface area (Å²) < 4.78 is 106. The number of nitrogens with zero attached hydrogens (tertiary/aromatic N) is 20. The fourth-order valence-corrected chi connectivity index (χ4v) is 18.8. The Labute approximate surface area is 876 Å². The molecule has 5 aliphatic heterocycles. The third-order valence-electron chi connectivity index (χ3n) is 25.9. The molecule has 148 heavy (non-hydrogen) atoms. The second-order valence-corrected chi connectivity index (χ2v) is 38.4. The van der Waals surface area contributed by atoms with Crippen LogP contribution in [0.3, 0.4) is 0 Å². The van der Waals surface area contributed by atoms with E-state index in [4.69, 9.17) is 24.4 Å². The second-order valence-electron chi connectivity index (χ2n) is 37.6. The van der Waals surface area contributed by atoms with Crippen LogP contribution in [0.4, 0.5) is 78.7 Å². The zero-order valence-electron chi connectivity index (χ0n) is 84.5. The van der Waals surface area contributed by atoms with E-state index in [0.717, 1.165) is 242 Å². The molecule has 5 aliphatic rings. The van der Waals surface area contributed by atoms with Crippen molar-refractivity contribution in [3.8, 4) is 33.8 Å². The molecule has 3 aromatic carbocycles. The van der Waals surface area contributed by atoms with Gasteiger partial charge in [0.2, 0.25) is 35.6 Å². The van der Waals surface area contributed by atoms with E-state index in [9.17, 15) is 31.9 Å². The fourth-order valence-electron chi connectivity index (χ4n) is 18.4. The van der Waals surface area contributed by atoms with Crippen LogP contribution in [0.1, 0.15) is 227 Å². The average molecular weight is 2140 g/mol. The number of fused-ring (bicyclic) bond motifs is 3. The lowest BCUT2D eigenvalue weighted by atomic mass is 10.1. The number of rotatable bonds is 39. The zero-order valence-corrected chi connectivity index (χ0v) is 86.9. The average Bonchev–Trinajstić information content (AvgIpc) is 1.61. The standard InChI is InChI=1S/C36H47F2N9O3.C31H39F2N9O2.C24H26F2N8.C12H22BrNO3.2CH4.ClH/c1-24(2)47-25(3)41-35-28(37)20-26(21-30(35)47)34-29(38)23-40-36(43-34)42-31-13-12-27(22-39-31)46-17-15-45(16-18-46)14-8-5-4-6-10-32(48)44-50-33-11-7-9-19-49-33;1-20(2)42-21(3)36-30-24(32)16-22(17-26(30)42)29-25(33)19-35-31(38-29)37-27-10-9-23(18-34-27)41-14-12-40(13-15-41)11-7-5-4-6-8-28(43)39-44;1-14(2)34-15(3)30-23-18(25)10-16(11-20(23)34)22-19(26)13-29-24(32-22)31-21-5-4-17(12-28-21)33-8-6-27-7-9-33;13-9-5-2-1-3-7-11(15)14-17-12-8-4-6-10-16-12;;;/h12-13,20-24,33H,4-11,14-19H2,1-3H3,(H,44,48)(H,39,40,42,43);9-10,16-20,44H,4-8,11-15H2,1-3H3,(H,39,43)(H,34,35,37,38);4-5,10-14,27H,6-9H2,1-3H3,(H,28,29,31,32);12H,1-10H2,(H,14,15);2*1H4;1H. The Kier molecular flexibility index (Phi) is 45.3. The maximum atomic E-state index is 15.1. The lowest BCUT2D eigenvalue weighted by Gasteiger charge is -2.36. The lowest BCUT2D eigenvalue weighted by molar-refractivity contribution is -0.200. The normalized spacial score (nSPS) is 15.5. The van der Waals surface area contributed by atoms with Gasteiger partial charge >= 0.3 is 0 Å². The Bertz CT molecular complexity index is 6220. The molecule has 0 saturated carbocycles. The van der Waals surface area contributed by atoms with Crippen molar-refractivity contribution < 1.29 is 65.1 Å². The Morgan fingerprint density at radius 2 is 0.736 bits per heavy atom. The van der Waals surface area contributed by atoms with Crippen LogP contribution in [0.25, 0.3) is 66.9 Å². The molecule has 5 saturated heterocycles. The number of ether oxygens (including phenoxy) is 2. The summed E-state index contributed by atoms with van der Waals surface area (Å²) >= 11 is 3.39. The van der Waals surface area contributed by atoms with Crippen molar-refractivity contribution in [1.82, 2.24) is 105 Å². The topological polar surface area (TPSA) is 378 Å². The Morgan fingerprint density at radius 1 is 0.412 bits per heavy atom. The van der Waals surface area contributed by atoms with Gasteiger partial charge in [-0.3, -0.25) is 29.4 Å². The van der Waals surface area contributed by atoms with E-state index >= 15 is 8.78 Å². The number of hydrogen-bond acceptors (Lipinski definition) is 29. The predicted octanol–water partition coefficient (Wildman–Crippen LogP) is 20.6. The summed E-state index contributed by atoms with van der Waals surface area (Å²) in [6.45, 7) is 32.1. The van der Waals surface area contributed by atoms with E-state index < -0.39 is 34.9 Å². The number of anilines is 9. The first-order valence-electron chi connectivity index (χ1n) is 50.5. The maximum Gasteiger partial charge on any atom is 0.243 e. The molecule has 0 bridgehead atoms. The highest BCUT2D eigenvalue weighted by Gasteiger charge is 2.28. The molecule has 9 aromatic heterocycles. The molecule has 14 heterocycles. The molecular formula is C105H143BrClF6N27O8. The molecule has 0 aliphatic carbocycles. The number of carbonyl (C=O) groups is 3. The van der Waals surface area contributed by atoms with Gasteiger partial charge in [-0.05, 0) is 212 Å². The molecule has 2 atom stereocenters. The van der Waals surface area contributed by atoms with Gasteiger partial charge in [-0.1, -0.05) is 69.3 Å². The van der Waals surface area contributed by atoms with E-state index in [1.165, 1.54) is 31.0 Å². The number of amides is 3. The molecule has 12 aromatic rings. The molecule has 0 radical (unpaired) electrons. The number of unbranched alkanes of at least 4 members (excludes halogenated alkanes) is 9. The highest BCUT2D eigenvalue weighted by Crippen LogP contribution is 2.37. The number of alkyl halides is 1. The fraction of sp³-hybridized carbons (Fsp3) is 0.514. The van der Waals surface area contributed by atoms with Crippen molar-refractivity contribution in [2.75, 3.05) is 141 Å². The molecule has 3 amide bonds. The molecule has 5 fully saturated rings. The lowest BCUT2D eigenvalue weighted by Crippen LogP contribution is -2.46. The first-order valence-corrected chi connectivity index (χ1v) is 51.7. The van der Waals surface area contributed by atoms with Gasteiger partial charge < -0.3 is 59.1 Å². The Balaban J connectivity index is 0.000000196. The van der Waals surface area contributed by atoms with Crippen molar-refractivity contribution in [2.24, 2.45) is 0 Å². The molecule has 17 rings (SSSR count). The monoisotopic (exact) mass is 2140 g/mol. The third-order valence-corrected chi connectivity index (χ3v) is 26.4. The van der Waals surface area contributed by atoms with Crippen molar-refractivity contribution in [2.45, 2.75) is 243 Å². The van der Waals surface area contributed by atoms with Crippen LogP contribution in [0.5, 0.6) is 0 Å². The number of pyridine rings is 3. The van der Waals surface area contributed by atoms with E-state index in [1.54, 1.807) is 36.1 Å². The van der Waals surface area contributed by atoms with Gasteiger partial charge in [0, 0.05) is 164 Å². The number of halogens is 8. The van der Waals surface area contributed by atoms with Gasteiger partial charge in [0.1, 0.15) is 68.6 Å². The summed E-state index contributed by atoms with van der Waals surface area (Å²) in [7, 11) is 0. The molecule has 8 N–H and O–H groups in total. The smallest absolute Gasteiger partial charge is 0.243 e. The summed E-state index contributed by atoms with van der Waals surface area (Å²) in [4.78, 5) is 109. The number of nitrogens with one attached hydrogen (secondary N) is 7. The van der Waals surface area contributed by atoms with E-state index in [1.807, 2.05) is 119 Å². The summed E-state index contributed by atoms with van der Waals surface area (Å²) in [5.74, 6) is 0.123. The zero-order chi connectivity index (χ0) is 102. The van der Waals surface area contributed by atoms with Gasteiger partial charge in [-0.15, -0.1) is 12.4 Å². The van der Waals surface area contributed by atoms with Crippen LogP contribution >= 0.6 is 28.3 Å². The highest BCUT2D eigenvalue weighted by atomic mass is 79.9. The highest BCUT2D eigenvalue weighted by molar-refractivity contribution is 9.09. The second kappa shape index (κ2) is 57.7. The molecular weight excluding hydrogens is 2000 g/mol. The molecule has 2 unspecified atom stereocenters. The van der Waals surface area contributed by atoms with E-state index in [0.29, 0.717) is 94.0 Å². The van der Waals surface area contributed by atoms with Crippen LogP contribution < -0.4 is 52.4 Å². The molecule has 43 heteroatoms. The summed E-state index contributed by atoms with van der Waals surface area (Å²) in [5, 5.41) is 22.0. The van der Waals surface area contributed by atoms with E-state index in [-0.39, 0.29) is 127 Å². The summed E-state index contributed by atoms with van der Waals surface area (Å²) in [6.07, 6.45) is 27.7. The third kappa shape index (κ3) is 32.5. The number of piperazine rings is 3. The van der Waals surface area contributed by atoms with Gasteiger partial charge in [0.15, 0.2) is 47.5 Å². The number of carbonyl (C=O) groups excluding carboxylic acids is 3. The molecule has 35 nitrogen and oxygen atoms in total. The SMILES string of the molecule is C.C.Cc1nc2c(F)cc(-c3nc(Nc4ccc(N5CCN(CCCCCCC(=O)NO)CC5)cn4)ncc3F)cc2n1C(C)C.Cc1nc2c(F)cc(-c3nc(Nc4ccc(N5CCN(CCCCCCC(=O)NOC6CCCCO6)CC5)cn4)ncc3F)cc2n1C(C)C.Cc1nc2c(F)cc(-c3nc(Nc4ccc(N5CCNCC5)cn4)ncc3F)cc2n1C(C)C.Cl.O=C(CCCCCCBr)NOC1CCCCO1. The van der Waals surface area contributed by atoms with Crippen molar-refractivity contribution >= 4 is 132 Å². The minimum Gasteiger partial charge on any atom is -0.368 e. The molecule has 802 valence electrons. The molecule has 0 spiro atoms. The summed E-state index contributed by atoms with van der Waals surface area (Å²) in [5.41, 5.74) is 13.2. The maximum absolute atomic E-state index is 15.1. The number of hydroxylamine groups is 3. The minimum atomic E-state index is -0.656. The number of hydrogen-bond donors (Lipinski definition) is 8. The van der Waals surface area contributed by atoms with Gasteiger partial charge in [0.05, 0.1) is 70.8 Å².